The zero-order valence-corrected chi connectivity index (χ0v) is 12.8. The Morgan fingerprint density at radius 1 is 1.33 bits per heavy atom. The van der Waals surface area contributed by atoms with Crippen molar-refractivity contribution in [3.63, 3.8) is 0 Å². The maximum absolute atomic E-state index is 12.2. The summed E-state index contributed by atoms with van der Waals surface area (Å²) in [5.41, 5.74) is 2.20. The molecule has 1 aromatic carbocycles. The topological polar surface area (TPSA) is 66.4 Å². The maximum Gasteiger partial charge on any atom is 0.328 e. The summed E-state index contributed by atoms with van der Waals surface area (Å²) >= 11 is 0. The lowest BCUT2D eigenvalue weighted by atomic mass is 10.0. The third kappa shape index (κ3) is 6.25. The molecule has 0 bridgehead atoms. The van der Waals surface area contributed by atoms with E-state index in [0.717, 1.165) is 30.9 Å². The van der Waals surface area contributed by atoms with Gasteiger partial charge in [0, 0.05) is 17.7 Å². The first-order valence-electron chi connectivity index (χ1n) is 7.26. The number of rotatable bonds is 7. The van der Waals surface area contributed by atoms with E-state index in [9.17, 15) is 9.59 Å². The first-order valence-corrected chi connectivity index (χ1v) is 7.26. The van der Waals surface area contributed by atoms with Crippen molar-refractivity contribution in [3.05, 3.63) is 41.0 Å². The van der Waals surface area contributed by atoms with Crippen LogP contribution in [0, 0.1) is 6.92 Å². The Labute approximate surface area is 125 Å². The summed E-state index contributed by atoms with van der Waals surface area (Å²) in [6, 6.07) is 5.49. The zero-order chi connectivity index (χ0) is 15.8. The van der Waals surface area contributed by atoms with E-state index >= 15 is 0 Å². The highest BCUT2D eigenvalue weighted by atomic mass is 16.4. The first kappa shape index (κ1) is 17.0. The molecule has 0 heterocycles. The Hall–Kier alpha value is -2.10. The zero-order valence-electron chi connectivity index (χ0n) is 12.8. The van der Waals surface area contributed by atoms with Crippen LogP contribution in [0.3, 0.4) is 0 Å². The summed E-state index contributed by atoms with van der Waals surface area (Å²) in [7, 11) is 0. The van der Waals surface area contributed by atoms with Crippen LogP contribution in [0.5, 0.6) is 0 Å². The third-order valence-electron chi connectivity index (χ3n) is 3.15. The number of carboxylic acids is 1. The second kappa shape index (κ2) is 8.25. The molecular formula is C17H23NO3. The maximum atomic E-state index is 12.2. The Morgan fingerprint density at radius 2 is 2.05 bits per heavy atom. The molecule has 0 aliphatic rings. The fourth-order valence-corrected chi connectivity index (χ4v) is 2.10. The minimum Gasteiger partial charge on any atom is -0.478 e. The number of hydrogen-bond acceptors (Lipinski definition) is 2. The van der Waals surface area contributed by atoms with Crippen LogP contribution in [0.15, 0.2) is 24.3 Å². The van der Waals surface area contributed by atoms with Crippen LogP contribution in [0.25, 0.3) is 6.08 Å². The number of carbonyl (C=O) groups excluding carboxylic acids is 1. The number of amides is 1. The fraction of sp³-hybridized carbons (Fsp3) is 0.412. The van der Waals surface area contributed by atoms with E-state index in [1.807, 2.05) is 19.9 Å². The molecule has 0 fully saturated rings. The number of benzene rings is 1. The highest BCUT2D eigenvalue weighted by Crippen LogP contribution is 2.12. The Balaban J connectivity index is 2.82. The van der Waals surface area contributed by atoms with E-state index in [4.69, 9.17) is 5.11 Å². The summed E-state index contributed by atoms with van der Waals surface area (Å²) in [4.78, 5) is 22.8. The number of unbranched alkanes of at least 4 members (excludes halogenated alkanes) is 1. The van der Waals surface area contributed by atoms with E-state index < -0.39 is 5.97 Å². The van der Waals surface area contributed by atoms with Gasteiger partial charge in [-0.3, -0.25) is 4.79 Å². The van der Waals surface area contributed by atoms with E-state index in [-0.39, 0.29) is 11.9 Å². The number of hydrogen-bond donors (Lipinski definition) is 2. The van der Waals surface area contributed by atoms with Crippen LogP contribution in [-0.2, 0) is 4.79 Å². The van der Waals surface area contributed by atoms with Crippen molar-refractivity contribution in [2.24, 2.45) is 0 Å². The van der Waals surface area contributed by atoms with Crippen LogP contribution < -0.4 is 5.32 Å². The molecule has 4 nitrogen and oxygen atoms in total. The van der Waals surface area contributed by atoms with Gasteiger partial charge in [0.2, 0.25) is 0 Å². The fourth-order valence-electron chi connectivity index (χ4n) is 2.10. The van der Waals surface area contributed by atoms with Gasteiger partial charge >= 0.3 is 5.97 Å². The van der Waals surface area contributed by atoms with Crippen molar-refractivity contribution < 1.29 is 14.7 Å². The van der Waals surface area contributed by atoms with Gasteiger partial charge in [-0.15, -0.1) is 0 Å². The summed E-state index contributed by atoms with van der Waals surface area (Å²) in [6.45, 7) is 6.00. The quantitative estimate of drug-likeness (QED) is 0.756. The Bertz CT molecular complexity index is 535. The molecule has 1 atom stereocenters. The Kier molecular flexibility index (Phi) is 6.66. The Morgan fingerprint density at radius 3 is 2.67 bits per heavy atom. The summed E-state index contributed by atoms with van der Waals surface area (Å²) in [5, 5.41) is 11.6. The lowest BCUT2D eigenvalue weighted by Crippen LogP contribution is -2.32. The van der Waals surface area contributed by atoms with Gasteiger partial charge in [-0.05, 0) is 49.6 Å². The predicted octanol–water partition coefficient (Wildman–Crippen LogP) is 3.40. The van der Waals surface area contributed by atoms with Crippen LogP contribution in [0.4, 0.5) is 0 Å². The summed E-state index contributed by atoms with van der Waals surface area (Å²) in [6.07, 6.45) is 5.71. The van der Waals surface area contributed by atoms with E-state index in [1.165, 1.54) is 6.08 Å². The number of aryl methyl sites for hydroxylation is 1. The number of carboxylic acid groups (broad SMARTS) is 1. The minimum atomic E-state index is -1.00. The van der Waals surface area contributed by atoms with Crippen LogP contribution in [0.1, 0.15) is 54.6 Å². The first-order chi connectivity index (χ1) is 9.92. The average Bonchev–Trinajstić information content (AvgIpc) is 2.42. The second-order valence-corrected chi connectivity index (χ2v) is 5.32. The second-order valence-electron chi connectivity index (χ2n) is 5.32. The molecule has 0 saturated heterocycles. The van der Waals surface area contributed by atoms with Crippen LogP contribution >= 0.6 is 0 Å². The molecule has 0 aromatic heterocycles. The van der Waals surface area contributed by atoms with Crippen LogP contribution in [0.2, 0.25) is 0 Å². The van der Waals surface area contributed by atoms with Crippen LogP contribution in [-0.4, -0.2) is 23.0 Å². The largest absolute Gasteiger partial charge is 0.478 e. The smallest absolute Gasteiger partial charge is 0.328 e. The van der Waals surface area contributed by atoms with Gasteiger partial charge in [0.1, 0.15) is 0 Å². The number of nitrogens with one attached hydrogen (secondary N) is 1. The predicted molar refractivity (Wildman–Crippen MR) is 84.3 cm³/mol. The third-order valence-corrected chi connectivity index (χ3v) is 3.15. The molecule has 1 aromatic rings. The van der Waals surface area contributed by atoms with Crippen molar-refractivity contribution in [1.82, 2.24) is 5.32 Å². The molecule has 0 spiro atoms. The molecule has 21 heavy (non-hydrogen) atoms. The molecule has 0 aliphatic heterocycles. The van der Waals surface area contributed by atoms with Crippen molar-refractivity contribution in [2.75, 3.05) is 0 Å². The van der Waals surface area contributed by atoms with Gasteiger partial charge in [0.25, 0.3) is 5.91 Å². The summed E-state index contributed by atoms with van der Waals surface area (Å²) < 4.78 is 0. The molecule has 1 amide bonds. The van der Waals surface area contributed by atoms with Gasteiger partial charge < -0.3 is 10.4 Å². The van der Waals surface area contributed by atoms with Gasteiger partial charge in [0.15, 0.2) is 0 Å². The highest BCUT2D eigenvalue weighted by Gasteiger charge is 2.10. The SMILES string of the molecule is CCCCC(C)NC(=O)c1cc(C)cc(/C=C/C(=O)O)c1. The molecule has 1 rings (SSSR count). The van der Waals surface area contributed by atoms with Crippen molar-refractivity contribution in [1.29, 1.82) is 0 Å². The molecule has 2 N–H and O–H groups in total. The number of aliphatic carboxylic acids is 1. The molecule has 4 heteroatoms. The van der Waals surface area contributed by atoms with Crippen molar-refractivity contribution >= 4 is 18.0 Å². The van der Waals surface area contributed by atoms with Gasteiger partial charge in [-0.2, -0.15) is 0 Å². The monoisotopic (exact) mass is 289 g/mol. The molecule has 114 valence electrons. The standard InChI is InChI=1S/C17H23NO3/c1-4-5-6-13(3)18-17(21)15-10-12(2)9-14(11-15)7-8-16(19)20/h7-11,13H,4-6H2,1-3H3,(H,18,21)(H,19,20)/b8-7+. The highest BCUT2D eigenvalue weighted by molar-refractivity contribution is 5.95. The molecular weight excluding hydrogens is 266 g/mol. The normalized spacial score (nSPS) is 12.3. The number of carbonyl (C=O) groups is 2. The van der Waals surface area contributed by atoms with E-state index in [1.54, 1.807) is 12.1 Å². The summed E-state index contributed by atoms with van der Waals surface area (Å²) in [5.74, 6) is -1.12. The molecule has 0 aliphatic carbocycles. The molecule has 0 saturated carbocycles. The van der Waals surface area contributed by atoms with Crippen molar-refractivity contribution in [3.8, 4) is 0 Å². The van der Waals surface area contributed by atoms with E-state index in [2.05, 4.69) is 12.2 Å². The van der Waals surface area contributed by atoms with Gasteiger partial charge in [-0.1, -0.05) is 25.8 Å². The van der Waals surface area contributed by atoms with Crippen molar-refractivity contribution in [2.45, 2.75) is 46.1 Å². The molecule has 0 radical (unpaired) electrons. The van der Waals surface area contributed by atoms with Gasteiger partial charge in [0.05, 0.1) is 0 Å². The van der Waals surface area contributed by atoms with Gasteiger partial charge in [-0.25, -0.2) is 4.79 Å². The minimum absolute atomic E-state index is 0.118. The lowest BCUT2D eigenvalue weighted by molar-refractivity contribution is -0.131. The van der Waals surface area contributed by atoms with E-state index in [0.29, 0.717) is 11.1 Å². The average molecular weight is 289 g/mol. The lowest BCUT2D eigenvalue weighted by Gasteiger charge is -2.14. The molecule has 1 unspecified atom stereocenters.